The number of anilines is 1. The summed E-state index contributed by atoms with van der Waals surface area (Å²) in [6.07, 6.45) is 7.65. The summed E-state index contributed by atoms with van der Waals surface area (Å²) in [7, 11) is 1.64. The van der Waals surface area contributed by atoms with Gasteiger partial charge in [0.05, 0.1) is 18.4 Å². The van der Waals surface area contributed by atoms with Gasteiger partial charge in [0.1, 0.15) is 11.8 Å². The van der Waals surface area contributed by atoms with Crippen LogP contribution in [0.3, 0.4) is 0 Å². The zero-order valence-corrected chi connectivity index (χ0v) is 12.0. The Morgan fingerprint density at radius 3 is 2.58 bits per heavy atom. The van der Waals surface area contributed by atoms with Crippen LogP contribution < -0.4 is 10.1 Å². The molecule has 0 bridgehead atoms. The third-order valence-corrected chi connectivity index (χ3v) is 3.19. The molecule has 0 aromatic heterocycles. The quantitative estimate of drug-likeness (QED) is 0.672. The van der Waals surface area contributed by atoms with Gasteiger partial charge in [-0.25, -0.2) is 0 Å². The van der Waals surface area contributed by atoms with Crippen molar-refractivity contribution >= 4 is 5.69 Å². The molecule has 1 aromatic rings. The molecule has 0 amide bonds. The number of benzene rings is 1. The lowest BCUT2D eigenvalue weighted by Gasteiger charge is -2.09. The molecule has 1 N–H and O–H groups in total. The zero-order chi connectivity index (χ0) is 13.9. The standard InChI is InChI=1S/C16H24N2O/c1-3-4-5-6-7-8-11-18-16-12-15(19-2)10-9-14(16)13-17/h9-10,12,18H,3-8,11H2,1-2H3. The van der Waals surface area contributed by atoms with E-state index in [0.717, 1.165) is 24.4 Å². The second kappa shape index (κ2) is 9.27. The second-order valence-electron chi connectivity index (χ2n) is 4.72. The van der Waals surface area contributed by atoms with Crippen LogP contribution in [-0.2, 0) is 0 Å². The SMILES string of the molecule is CCCCCCCCNc1cc(OC)ccc1C#N. The summed E-state index contributed by atoms with van der Waals surface area (Å²) in [5.41, 5.74) is 1.54. The normalized spacial score (nSPS) is 9.95. The first kappa shape index (κ1) is 15.4. The summed E-state index contributed by atoms with van der Waals surface area (Å²) in [4.78, 5) is 0. The largest absolute Gasteiger partial charge is 0.497 e. The Kier molecular flexibility index (Phi) is 7.50. The van der Waals surface area contributed by atoms with Gasteiger partial charge in [-0.15, -0.1) is 0 Å². The highest BCUT2D eigenvalue weighted by Gasteiger charge is 2.03. The van der Waals surface area contributed by atoms with Crippen LogP contribution in [0.15, 0.2) is 18.2 Å². The fraction of sp³-hybridized carbons (Fsp3) is 0.562. The number of ether oxygens (including phenoxy) is 1. The Labute approximate surface area is 116 Å². The lowest BCUT2D eigenvalue weighted by molar-refractivity contribution is 0.415. The first-order chi connectivity index (χ1) is 9.31. The predicted octanol–water partition coefficient (Wildman–Crippen LogP) is 4.34. The fourth-order valence-electron chi connectivity index (χ4n) is 2.02. The van der Waals surface area contributed by atoms with E-state index in [1.54, 1.807) is 13.2 Å². The highest BCUT2D eigenvalue weighted by atomic mass is 16.5. The molecule has 0 saturated carbocycles. The number of nitrogens with zero attached hydrogens (tertiary/aromatic N) is 1. The van der Waals surface area contributed by atoms with E-state index in [-0.39, 0.29) is 0 Å². The van der Waals surface area contributed by atoms with Crippen LogP contribution in [0.5, 0.6) is 5.75 Å². The maximum Gasteiger partial charge on any atom is 0.121 e. The highest BCUT2D eigenvalue weighted by Crippen LogP contribution is 2.21. The Hall–Kier alpha value is -1.69. The number of hydrogen-bond acceptors (Lipinski definition) is 3. The van der Waals surface area contributed by atoms with Crippen molar-refractivity contribution in [1.82, 2.24) is 0 Å². The molecule has 0 aliphatic heterocycles. The van der Waals surface area contributed by atoms with E-state index in [0.29, 0.717) is 5.56 Å². The van der Waals surface area contributed by atoms with Crippen LogP contribution in [0, 0.1) is 11.3 Å². The number of hydrogen-bond donors (Lipinski definition) is 1. The number of nitrogens with one attached hydrogen (secondary N) is 1. The first-order valence-corrected chi connectivity index (χ1v) is 7.13. The van der Waals surface area contributed by atoms with Crippen LogP contribution in [0.2, 0.25) is 0 Å². The molecule has 0 aliphatic carbocycles. The van der Waals surface area contributed by atoms with Gasteiger partial charge in [0.25, 0.3) is 0 Å². The Morgan fingerprint density at radius 2 is 1.89 bits per heavy atom. The average molecular weight is 260 g/mol. The summed E-state index contributed by atoms with van der Waals surface area (Å²) in [6, 6.07) is 7.69. The third-order valence-electron chi connectivity index (χ3n) is 3.19. The molecular formula is C16H24N2O. The minimum atomic E-state index is 0.673. The molecular weight excluding hydrogens is 236 g/mol. The van der Waals surface area contributed by atoms with Crippen LogP contribution >= 0.6 is 0 Å². The molecule has 0 aliphatic rings. The summed E-state index contributed by atoms with van der Waals surface area (Å²) in [6.45, 7) is 3.14. The van der Waals surface area contributed by atoms with Crippen molar-refractivity contribution in [1.29, 1.82) is 5.26 Å². The minimum absolute atomic E-state index is 0.673. The van der Waals surface area contributed by atoms with Crippen molar-refractivity contribution in [2.45, 2.75) is 45.4 Å². The second-order valence-corrected chi connectivity index (χ2v) is 4.72. The Balaban J connectivity index is 2.34. The van der Waals surface area contributed by atoms with E-state index in [2.05, 4.69) is 18.3 Å². The molecule has 0 heterocycles. The van der Waals surface area contributed by atoms with Crippen molar-refractivity contribution in [3.63, 3.8) is 0 Å². The molecule has 3 nitrogen and oxygen atoms in total. The molecule has 0 saturated heterocycles. The van der Waals surface area contributed by atoms with Gasteiger partial charge in [-0.3, -0.25) is 0 Å². The van der Waals surface area contributed by atoms with Gasteiger partial charge in [0, 0.05) is 12.6 Å². The lowest BCUT2D eigenvalue weighted by atomic mass is 10.1. The van der Waals surface area contributed by atoms with E-state index in [4.69, 9.17) is 10.00 Å². The van der Waals surface area contributed by atoms with Gasteiger partial charge >= 0.3 is 0 Å². The van der Waals surface area contributed by atoms with E-state index in [1.807, 2.05) is 12.1 Å². The number of methoxy groups -OCH3 is 1. The monoisotopic (exact) mass is 260 g/mol. The minimum Gasteiger partial charge on any atom is -0.497 e. The predicted molar refractivity (Wildman–Crippen MR) is 79.6 cm³/mol. The highest BCUT2D eigenvalue weighted by molar-refractivity contribution is 5.60. The first-order valence-electron chi connectivity index (χ1n) is 7.13. The van der Waals surface area contributed by atoms with Crippen LogP contribution in [0.25, 0.3) is 0 Å². The van der Waals surface area contributed by atoms with Crippen LogP contribution in [0.4, 0.5) is 5.69 Å². The van der Waals surface area contributed by atoms with Gasteiger partial charge in [-0.2, -0.15) is 5.26 Å². The molecule has 0 fully saturated rings. The molecule has 0 unspecified atom stereocenters. The molecule has 0 spiro atoms. The van der Waals surface area contributed by atoms with Crippen molar-refractivity contribution in [3.8, 4) is 11.8 Å². The molecule has 104 valence electrons. The van der Waals surface area contributed by atoms with Gasteiger partial charge in [0.2, 0.25) is 0 Å². The maximum atomic E-state index is 9.05. The van der Waals surface area contributed by atoms with E-state index >= 15 is 0 Å². The smallest absolute Gasteiger partial charge is 0.121 e. The van der Waals surface area contributed by atoms with Crippen molar-refractivity contribution in [3.05, 3.63) is 23.8 Å². The number of nitriles is 1. The topological polar surface area (TPSA) is 45.0 Å². The molecule has 19 heavy (non-hydrogen) atoms. The fourth-order valence-corrected chi connectivity index (χ4v) is 2.02. The van der Waals surface area contributed by atoms with E-state index in [1.165, 1.54) is 32.1 Å². The number of unbranched alkanes of at least 4 members (excludes halogenated alkanes) is 5. The summed E-state index contributed by atoms with van der Waals surface area (Å²) < 4.78 is 5.18. The van der Waals surface area contributed by atoms with Crippen molar-refractivity contribution < 1.29 is 4.74 Å². The molecule has 1 rings (SSSR count). The van der Waals surface area contributed by atoms with Crippen molar-refractivity contribution in [2.24, 2.45) is 0 Å². The van der Waals surface area contributed by atoms with Gasteiger partial charge in [-0.1, -0.05) is 39.0 Å². The average Bonchev–Trinajstić information content (AvgIpc) is 2.46. The molecule has 0 radical (unpaired) electrons. The third kappa shape index (κ3) is 5.65. The summed E-state index contributed by atoms with van der Waals surface area (Å²) in [5, 5.41) is 12.4. The molecule has 1 aromatic carbocycles. The lowest BCUT2D eigenvalue weighted by Crippen LogP contribution is -2.03. The molecule has 0 atom stereocenters. The number of rotatable bonds is 9. The van der Waals surface area contributed by atoms with Gasteiger partial charge < -0.3 is 10.1 Å². The Morgan fingerprint density at radius 1 is 1.16 bits per heavy atom. The van der Waals surface area contributed by atoms with Gasteiger partial charge in [-0.05, 0) is 18.6 Å². The van der Waals surface area contributed by atoms with E-state index < -0.39 is 0 Å². The Bertz CT molecular complexity index is 410. The van der Waals surface area contributed by atoms with Crippen molar-refractivity contribution in [2.75, 3.05) is 19.0 Å². The van der Waals surface area contributed by atoms with E-state index in [9.17, 15) is 0 Å². The van der Waals surface area contributed by atoms with Crippen LogP contribution in [0.1, 0.15) is 51.0 Å². The summed E-state index contributed by atoms with van der Waals surface area (Å²) >= 11 is 0. The summed E-state index contributed by atoms with van der Waals surface area (Å²) in [5.74, 6) is 0.782. The molecule has 3 heteroatoms. The zero-order valence-electron chi connectivity index (χ0n) is 12.0. The van der Waals surface area contributed by atoms with Gasteiger partial charge in [0.15, 0.2) is 0 Å². The van der Waals surface area contributed by atoms with Crippen LogP contribution in [-0.4, -0.2) is 13.7 Å². The maximum absolute atomic E-state index is 9.05.